The van der Waals surface area contributed by atoms with Crippen LogP contribution in [0.15, 0.2) is 28.7 Å². The van der Waals surface area contributed by atoms with Crippen molar-refractivity contribution in [3.63, 3.8) is 0 Å². The highest BCUT2D eigenvalue weighted by atomic mass is 79.9. The van der Waals surface area contributed by atoms with E-state index in [9.17, 15) is 4.79 Å². The SMILES string of the molecule is CC(C)NNC(=O)c1cccc(Br)c1. The monoisotopic (exact) mass is 256 g/mol. The summed E-state index contributed by atoms with van der Waals surface area (Å²) in [6, 6.07) is 7.48. The molecule has 0 aliphatic heterocycles. The van der Waals surface area contributed by atoms with Gasteiger partial charge in [0.15, 0.2) is 0 Å². The number of amides is 1. The van der Waals surface area contributed by atoms with Gasteiger partial charge in [0.25, 0.3) is 5.91 Å². The van der Waals surface area contributed by atoms with Gasteiger partial charge in [-0.05, 0) is 32.0 Å². The van der Waals surface area contributed by atoms with Crippen molar-refractivity contribution in [1.29, 1.82) is 0 Å². The third-order valence-electron chi connectivity index (χ3n) is 1.56. The predicted octanol–water partition coefficient (Wildman–Crippen LogP) is 2.09. The minimum atomic E-state index is -0.125. The molecule has 0 aromatic heterocycles. The molecule has 1 aromatic carbocycles. The molecule has 1 amide bonds. The first-order valence-electron chi connectivity index (χ1n) is 4.41. The predicted molar refractivity (Wildman–Crippen MR) is 59.9 cm³/mol. The Hall–Kier alpha value is -0.870. The summed E-state index contributed by atoms with van der Waals surface area (Å²) in [6.45, 7) is 3.92. The van der Waals surface area contributed by atoms with Crippen LogP contribution in [0.2, 0.25) is 0 Å². The summed E-state index contributed by atoms with van der Waals surface area (Å²) < 4.78 is 0.898. The number of hydrazine groups is 1. The van der Waals surface area contributed by atoms with Crippen molar-refractivity contribution < 1.29 is 4.79 Å². The number of nitrogens with one attached hydrogen (secondary N) is 2. The van der Waals surface area contributed by atoms with Crippen LogP contribution in [0.3, 0.4) is 0 Å². The zero-order chi connectivity index (χ0) is 10.6. The summed E-state index contributed by atoms with van der Waals surface area (Å²) in [5, 5.41) is 0. The Kier molecular flexibility index (Phi) is 4.10. The van der Waals surface area contributed by atoms with Gasteiger partial charge in [0.05, 0.1) is 0 Å². The van der Waals surface area contributed by atoms with Gasteiger partial charge in [0.2, 0.25) is 0 Å². The van der Waals surface area contributed by atoms with Crippen LogP contribution in [-0.2, 0) is 0 Å². The van der Waals surface area contributed by atoms with Crippen LogP contribution in [-0.4, -0.2) is 11.9 Å². The van der Waals surface area contributed by atoms with E-state index in [1.165, 1.54) is 0 Å². The zero-order valence-electron chi connectivity index (χ0n) is 8.17. The van der Waals surface area contributed by atoms with Gasteiger partial charge in [-0.3, -0.25) is 10.2 Å². The second-order valence-electron chi connectivity index (χ2n) is 3.26. The fourth-order valence-corrected chi connectivity index (χ4v) is 1.31. The number of halogens is 1. The highest BCUT2D eigenvalue weighted by molar-refractivity contribution is 9.10. The molecule has 0 saturated carbocycles. The summed E-state index contributed by atoms with van der Waals surface area (Å²) in [5.74, 6) is -0.125. The molecule has 1 aromatic rings. The zero-order valence-corrected chi connectivity index (χ0v) is 9.76. The van der Waals surface area contributed by atoms with E-state index in [2.05, 4.69) is 26.8 Å². The molecule has 0 atom stereocenters. The summed E-state index contributed by atoms with van der Waals surface area (Å²) in [7, 11) is 0. The van der Waals surface area contributed by atoms with Gasteiger partial charge in [-0.2, -0.15) is 0 Å². The second kappa shape index (κ2) is 5.12. The van der Waals surface area contributed by atoms with Crippen LogP contribution in [0, 0.1) is 0 Å². The number of rotatable bonds is 3. The number of carbonyl (C=O) groups is 1. The highest BCUT2D eigenvalue weighted by Gasteiger charge is 2.04. The molecule has 2 N–H and O–H groups in total. The largest absolute Gasteiger partial charge is 0.287 e. The quantitative estimate of drug-likeness (QED) is 0.814. The maximum atomic E-state index is 11.5. The van der Waals surface area contributed by atoms with Crippen LogP contribution in [0.4, 0.5) is 0 Å². The van der Waals surface area contributed by atoms with E-state index in [1.54, 1.807) is 12.1 Å². The topological polar surface area (TPSA) is 41.1 Å². The third kappa shape index (κ3) is 3.47. The normalized spacial score (nSPS) is 10.3. The molecule has 14 heavy (non-hydrogen) atoms. The molecule has 1 rings (SSSR count). The standard InChI is InChI=1S/C10H13BrN2O/c1-7(2)12-13-10(14)8-4-3-5-9(11)6-8/h3-7,12H,1-2H3,(H,13,14). The van der Waals surface area contributed by atoms with Crippen molar-refractivity contribution in [2.75, 3.05) is 0 Å². The van der Waals surface area contributed by atoms with Gasteiger partial charge >= 0.3 is 0 Å². The Morgan fingerprint density at radius 1 is 1.43 bits per heavy atom. The van der Waals surface area contributed by atoms with Crippen molar-refractivity contribution in [2.45, 2.75) is 19.9 Å². The average molecular weight is 257 g/mol. The van der Waals surface area contributed by atoms with Gasteiger partial charge < -0.3 is 0 Å². The minimum Gasteiger partial charge on any atom is -0.287 e. The molecule has 0 bridgehead atoms. The Bertz CT molecular complexity index is 326. The summed E-state index contributed by atoms with van der Waals surface area (Å²) in [5.41, 5.74) is 6.10. The smallest absolute Gasteiger partial charge is 0.265 e. The lowest BCUT2D eigenvalue weighted by Crippen LogP contribution is -2.41. The highest BCUT2D eigenvalue weighted by Crippen LogP contribution is 2.11. The van der Waals surface area contributed by atoms with Gasteiger partial charge in [-0.15, -0.1) is 0 Å². The number of hydrogen-bond donors (Lipinski definition) is 2. The third-order valence-corrected chi connectivity index (χ3v) is 2.05. The Balaban J connectivity index is 2.61. The maximum Gasteiger partial charge on any atom is 0.265 e. The van der Waals surface area contributed by atoms with E-state index in [4.69, 9.17) is 0 Å². The van der Waals surface area contributed by atoms with Crippen molar-refractivity contribution in [1.82, 2.24) is 10.9 Å². The van der Waals surface area contributed by atoms with E-state index in [-0.39, 0.29) is 11.9 Å². The van der Waals surface area contributed by atoms with Crippen LogP contribution < -0.4 is 10.9 Å². The molecule has 4 heteroatoms. The lowest BCUT2D eigenvalue weighted by Gasteiger charge is -2.09. The van der Waals surface area contributed by atoms with Crippen LogP contribution in [0.1, 0.15) is 24.2 Å². The maximum absolute atomic E-state index is 11.5. The van der Waals surface area contributed by atoms with E-state index in [0.717, 1.165) is 4.47 Å². The first-order chi connectivity index (χ1) is 6.59. The molecular formula is C10H13BrN2O. The molecule has 0 saturated heterocycles. The first-order valence-corrected chi connectivity index (χ1v) is 5.20. The molecule has 0 fully saturated rings. The van der Waals surface area contributed by atoms with E-state index < -0.39 is 0 Å². The van der Waals surface area contributed by atoms with Crippen LogP contribution in [0.25, 0.3) is 0 Å². The molecule has 76 valence electrons. The fraction of sp³-hybridized carbons (Fsp3) is 0.300. The van der Waals surface area contributed by atoms with E-state index in [0.29, 0.717) is 5.56 Å². The van der Waals surface area contributed by atoms with Crippen molar-refractivity contribution >= 4 is 21.8 Å². The van der Waals surface area contributed by atoms with Gasteiger partial charge in [0.1, 0.15) is 0 Å². The molecule has 3 nitrogen and oxygen atoms in total. The van der Waals surface area contributed by atoms with Gasteiger partial charge in [-0.25, -0.2) is 5.43 Å². The van der Waals surface area contributed by atoms with E-state index in [1.807, 2.05) is 26.0 Å². The minimum absolute atomic E-state index is 0.125. The summed E-state index contributed by atoms with van der Waals surface area (Å²) in [4.78, 5) is 11.5. The number of hydrogen-bond acceptors (Lipinski definition) is 2. The van der Waals surface area contributed by atoms with Crippen LogP contribution >= 0.6 is 15.9 Å². The second-order valence-corrected chi connectivity index (χ2v) is 4.18. The molecular weight excluding hydrogens is 244 g/mol. The fourth-order valence-electron chi connectivity index (χ4n) is 0.912. The Morgan fingerprint density at radius 3 is 2.71 bits per heavy atom. The van der Waals surface area contributed by atoms with Crippen molar-refractivity contribution in [2.24, 2.45) is 0 Å². The van der Waals surface area contributed by atoms with Crippen LogP contribution in [0.5, 0.6) is 0 Å². The number of carbonyl (C=O) groups excluding carboxylic acids is 1. The molecule has 0 unspecified atom stereocenters. The van der Waals surface area contributed by atoms with Gasteiger partial charge in [0, 0.05) is 16.1 Å². The average Bonchev–Trinajstić information content (AvgIpc) is 2.14. The Morgan fingerprint density at radius 2 is 2.14 bits per heavy atom. The molecule has 0 heterocycles. The molecule has 0 aliphatic rings. The summed E-state index contributed by atoms with van der Waals surface area (Å²) >= 11 is 3.31. The molecule has 0 radical (unpaired) electrons. The lowest BCUT2D eigenvalue weighted by atomic mass is 10.2. The molecule has 0 spiro atoms. The van der Waals surface area contributed by atoms with Crippen molar-refractivity contribution in [3.05, 3.63) is 34.3 Å². The number of benzene rings is 1. The first kappa shape index (κ1) is 11.2. The summed E-state index contributed by atoms with van der Waals surface area (Å²) in [6.07, 6.45) is 0. The Labute approximate surface area is 92.0 Å². The lowest BCUT2D eigenvalue weighted by molar-refractivity contribution is 0.0927. The van der Waals surface area contributed by atoms with Gasteiger partial charge in [-0.1, -0.05) is 22.0 Å². The molecule has 0 aliphatic carbocycles. The van der Waals surface area contributed by atoms with Crippen molar-refractivity contribution in [3.8, 4) is 0 Å². The van der Waals surface area contributed by atoms with E-state index >= 15 is 0 Å².